The minimum absolute atomic E-state index is 0.0356. The highest BCUT2D eigenvalue weighted by molar-refractivity contribution is 7.99. The molecular formula is C20H21N3O2S2. The van der Waals surface area contributed by atoms with E-state index in [0.29, 0.717) is 18.2 Å². The number of nitrogens with one attached hydrogen (secondary N) is 1. The van der Waals surface area contributed by atoms with Crippen molar-refractivity contribution in [3.63, 3.8) is 0 Å². The number of nitrogens with zero attached hydrogens (tertiary/aromatic N) is 2. The second-order valence-electron chi connectivity index (χ2n) is 6.09. The molecule has 0 aliphatic rings. The van der Waals surface area contributed by atoms with Gasteiger partial charge in [-0.1, -0.05) is 42.1 Å². The van der Waals surface area contributed by atoms with Gasteiger partial charge < -0.3 is 9.88 Å². The fourth-order valence-corrected chi connectivity index (χ4v) is 4.26. The number of carbonyl (C=O) groups excluding carboxylic acids is 1. The molecule has 0 bridgehead atoms. The second kappa shape index (κ2) is 9.53. The Labute approximate surface area is 166 Å². The molecule has 0 spiro atoms. The number of H-pyrrole nitrogens is 1. The molecule has 2 aromatic heterocycles. The van der Waals surface area contributed by atoms with E-state index in [-0.39, 0.29) is 17.2 Å². The summed E-state index contributed by atoms with van der Waals surface area (Å²) < 4.78 is 0. The van der Waals surface area contributed by atoms with Crippen LogP contribution in [-0.2, 0) is 17.8 Å². The highest BCUT2D eigenvalue weighted by atomic mass is 32.2. The first-order chi connectivity index (χ1) is 13.1. The van der Waals surface area contributed by atoms with Crippen molar-refractivity contribution in [1.82, 2.24) is 14.9 Å². The molecule has 0 aliphatic carbocycles. The van der Waals surface area contributed by atoms with E-state index in [2.05, 4.69) is 41.2 Å². The van der Waals surface area contributed by atoms with Crippen molar-refractivity contribution in [2.75, 3.05) is 12.3 Å². The Kier molecular flexibility index (Phi) is 6.84. The van der Waals surface area contributed by atoms with E-state index >= 15 is 0 Å². The quantitative estimate of drug-likeness (QED) is 0.465. The van der Waals surface area contributed by atoms with Gasteiger partial charge in [-0.05, 0) is 31.0 Å². The number of aryl methyl sites for hydroxylation is 1. The van der Waals surface area contributed by atoms with Gasteiger partial charge in [0.25, 0.3) is 5.56 Å². The van der Waals surface area contributed by atoms with Crippen molar-refractivity contribution >= 4 is 29.0 Å². The van der Waals surface area contributed by atoms with Crippen molar-refractivity contribution in [3.8, 4) is 0 Å². The summed E-state index contributed by atoms with van der Waals surface area (Å²) in [5.74, 6) is 0.278. The minimum Gasteiger partial charge on any atom is -0.336 e. The van der Waals surface area contributed by atoms with Gasteiger partial charge in [0.05, 0.1) is 12.3 Å². The third-order valence-electron chi connectivity index (χ3n) is 3.99. The summed E-state index contributed by atoms with van der Waals surface area (Å²) in [4.78, 5) is 35.2. The molecule has 3 aromatic rings. The lowest BCUT2D eigenvalue weighted by molar-refractivity contribution is -0.128. The van der Waals surface area contributed by atoms with Crippen LogP contribution in [0.25, 0.3) is 0 Å². The summed E-state index contributed by atoms with van der Waals surface area (Å²) in [6.07, 6.45) is 2.26. The monoisotopic (exact) mass is 399 g/mol. The molecule has 0 radical (unpaired) electrons. The number of hydrogen-bond acceptors (Lipinski definition) is 5. The van der Waals surface area contributed by atoms with Crippen LogP contribution in [0.2, 0.25) is 0 Å². The molecule has 7 heteroatoms. The lowest BCUT2D eigenvalue weighted by atomic mass is 10.1. The Morgan fingerprint density at radius 3 is 2.70 bits per heavy atom. The van der Waals surface area contributed by atoms with E-state index in [1.54, 1.807) is 11.3 Å². The van der Waals surface area contributed by atoms with E-state index < -0.39 is 0 Å². The van der Waals surface area contributed by atoms with Gasteiger partial charge in [-0.15, -0.1) is 11.3 Å². The fraction of sp³-hybridized carbons (Fsp3) is 0.250. The lowest BCUT2D eigenvalue weighted by Crippen LogP contribution is -2.33. The van der Waals surface area contributed by atoms with E-state index in [1.165, 1.54) is 39.3 Å². The number of rotatable bonds is 8. The molecule has 0 unspecified atom stereocenters. The Morgan fingerprint density at radius 1 is 1.19 bits per heavy atom. The standard InChI is InChI=1S/C20H21N3O2S2/c1-15-7-8-17(27-15)13-23(12-10-16-5-3-2-4-6-16)19(25)14-26-20-21-11-9-18(24)22-20/h2-9,11H,10,12-14H2,1H3,(H,21,22,24). The SMILES string of the molecule is Cc1ccc(CN(CCc2ccccc2)C(=O)CSc2nccc(=O)[nH]2)s1. The molecular weight excluding hydrogens is 378 g/mol. The van der Waals surface area contributed by atoms with E-state index in [1.807, 2.05) is 23.1 Å². The van der Waals surface area contributed by atoms with Gasteiger partial charge in [0.2, 0.25) is 5.91 Å². The number of carbonyl (C=O) groups is 1. The first kappa shape index (κ1) is 19.4. The molecule has 0 fully saturated rings. The van der Waals surface area contributed by atoms with Gasteiger partial charge in [0.1, 0.15) is 0 Å². The van der Waals surface area contributed by atoms with Crippen LogP contribution in [0, 0.1) is 6.92 Å². The lowest BCUT2D eigenvalue weighted by Gasteiger charge is -2.22. The van der Waals surface area contributed by atoms with Crippen molar-refractivity contribution in [1.29, 1.82) is 0 Å². The molecule has 5 nitrogen and oxygen atoms in total. The molecule has 1 aromatic carbocycles. The average Bonchev–Trinajstić information content (AvgIpc) is 3.09. The van der Waals surface area contributed by atoms with Gasteiger partial charge in [-0.2, -0.15) is 0 Å². The number of thioether (sulfide) groups is 1. The van der Waals surface area contributed by atoms with Crippen LogP contribution < -0.4 is 5.56 Å². The first-order valence-corrected chi connectivity index (χ1v) is 10.5. The molecule has 140 valence electrons. The topological polar surface area (TPSA) is 66.1 Å². The number of aromatic amines is 1. The Hall–Kier alpha value is -2.38. The molecule has 27 heavy (non-hydrogen) atoms. The largest absolute Gasteiger partial charge is 0.336 e. The van der Waals surface area contributed by atoms with Crippen LogP contribution in [0.5, 0.6) is 0 Å². The highest BCUT2D eigenvalue weighted by Gasteiger charge is 2.16. The number of amides is 1. The van der Waals surface area contributed by atoms with E-state index in [4.69, 9.17) is 0 Å². The van der Waals surface area contributed by atoms with Gasteiger partial charge in [0, 0.05) is 28.6 Å². The number of aromatic nitrogens is 2. The summed E-state index contributed by atoms with van der Waals surface area (Å²) in [7, 11) is 0. The summed E-state index contributed by atoms with van der Waals surface area (Å²) in [5, 5.41) is 0.464. The molecule has 0 saturated carbocycles. The van der Waals surface area contributed by atoms with Crippen LogP contribution in [0.15, 0.2) is 64.7 Å². The molecule has 3 rings (SSSR count). The maximum Gasteiger partial charge on any atom is 0.251 e. The molecule has 0 saturated heterocycles. The van der Waals surface area contributed by atoms with Crippen LogP contribution in [0.1, 0.15) is 15.3 Å². The predicted octanol–water partition coefficient (Wildman–Crippen LogP) is 3.50. The summed E-state index contributed by atoms with van der Waals surface area (Å²) in [6.45, 7) is 3.32. The summed E-state index contributed by atoms with van der Waals surface area (Å²) >= 11 is 2.97. The fourth-order valence-electron chi connectivity index (χ4n) is 2.61. The van der Waals surface area contributed by atoms with Crippen molar-refractivity contribution in [2.24, 2.45) is 0 Å². The van der Waals surface area contributed by atoms with Crippen molar-refractivity contribution in [2.45, 2.75) is 25.0 Å². The Bertz CT molecular complexity index is 937. The third kappa shape index (κ3) is 6.08. The molecule has 0 aliphatic heterocycles. The maximum absolute atomic E-state index is 12.8. The maximum atomic E-state index is 12.8. The van der Waals surface area contributed by atoms with Crippen molar-refractivity contribution < 1.29 is 4.79 Å². The van der Waals surface area contributed by atoms with Crippen molar-refractivity contribution in [3.05, 3.63) is 80.4 Å². The van der Waals surface area contributed by atoms with Gasteiger partial charge >= 0.3 is 0 Å². The number of benzene rings is 1. The highest BCUT2D eigenvalue weighted by Crippen LogP contribution is 2.19. The molecule has 1 N–H and O–H groups in total. The smallest absolute Gasteiger partial charge is 0.251 e. The number of thiophene rings is 1. The first-order valence-electron chi connectivity index (χ1n) is 8.65. The normalized spacial score (nSPS) is 10.7. The van der Waals surface area contributed by atoms with Crippen LogP contribution in [0.4, 0.5) is 0 Å². The second-order valence-corrected chi connectivity index (χ2v) is 8.43. The number of hydrogen-bond donors (Lipinski definition) is 1. The third-order valence-corrected chi connectivity index (χ3v) is 5.85. The van der Waals surface area contributed by atoms with Gasteiger partial charge in [-0.25, -0.2) is 4.98 Å². The molecule has 1 amide bonds. The Balaban J connectivity index is 1.65. The zero-order valence-corrected chi connectivity index (χ0v) is 16.7. The molecule has 2 heterocycles. The minimum atomic E-state index is -0.213. The van der Waals surface area contributed by atoms with E-state index in [0.717, 1.165) is 6.42 Å². The van der Waals surface area contributed by atoms with Gasteiger partial charge in [-0.3, -0.25) is 9.59 Å². The van der Waals surface area contributed by atoms with Crippen LogP contribution >= 0.6 is 23.1 Å². The van der Waals surface area contributed by atoms with Gasteiger partial charge in [0.15, 0.2) is 5.16 Å². The van der Waals surface area contributed by atoms with Crippen LogP contribution in [0.3, 0.4) is 0 Å². The predicted molar refractivity (Wildman–Crippen MR) is 110 cm³/mol. The summed E-state index contributed by atoms with van der Waals surface area (Å²) in [6, 6.07) is 15.7. The zero-order chi connectivity index (χ0) is 19.1. The summed E-state index contributed by atoms with van der Waals surface area (Å²) in [5.41, 5.74) is 0.995. The molecule has 0 atom stereocenters. The zero-order valence-electron chi connectivity index (χ0n) is 15.1. The Morgan fingerprint density at radius 2 is 2.00 bits per heavy atom. The van der Waals surface area contributed by atoms with Crippen LogP contribution in [-0.4, -0.2) is 33.1 Å². The average molecular weight is 400 g/mol. The van der Waals surface area contributed by atoms with E-state index in [9.17, 15) is 9.59 Å².